The Kier molecular flexibility index (Phi) is 3.33. The molecule has 20 heavy (non-hydrogen) atoms. The number of aromatic nitrogens is 1. The van der Waals surface area contributed by atoms with E-state index in [-0.39, 0.29) is 0 Å². The second kappa shape index (κ2) is 5.28. The van der Waals surface area contributed by atoms with E-state index in [4.69, 9.17) is 14.6 Å². The summed E-state index contributed by atoms with van der Waals surface area (Å²) in [7, 11) is 0. The Hall–Kier alpha value is -2.43. The van der Waals surface area contributed by atoms with Gasteiger partial charge in [-0.15, -0.1) is 0 Å². The number of carbonyl (C=O) groups is 1. The van der Waals surface area contributed by atoms with Gasteiger partial charge in [0.25, 0.3) is 0 Å². The lowest BCUT2D eigenvalue weighted by Gasteiger charge is -2.19. The fourth-order valence-electron chi connectivity index (χ4n) is 2.30. The molecular weight excluding hydrogens is 258 g/mol. The zero-order valence-electron chi connectivity index (χ0n) is 10.9. The number of carboxylic acid groups (broad SMARTS) is 1. The van der Waals surface area contributed by atoms with Crippen LogP contribution in [0.2, 0.25) is 0 Å². The van der Waals surface area contributed by atoms with Gasteiger partial charge in [-0.25, -0.2) is 4.79 Å². The van der Waals surface area contributed by atoms with Gasteiger partial charge in [-0.2, -0.15) is 0 Å². The molecule has 0 radical (unpaired) electrons. The lowest BCUT2D eigenvalue weighted by molar-refractivity contribution is 0.0685. The smallest absolute Gasteiger partial charge is 0.352 e. The fraction of sp³-hybridized carbons (Fsp3) is 0.267. The summed E-state index contributed by atoms with van der Waals surface area (Å²) in [5.74, 6) is 0.629. The first-order valence-electron chi connectivity index (χ1n) is 6.51. The van der Waals surface area contributed by atoms with Crippen molar-refractivity contribution in [2.45, 2.75) is 13.0 Å². The van der Waals surface area contributed by atoms with Gasteiger partial charge < -0.3 is 19.1 Å². The van der Waals surface area contributed by atoms with Crippen molar-refractivity contribution in [3.05, 3.63) is 47.8 Å². The van der Waals surface area contributed by atoms with Crippen LogP contribution in [0.5, 0.6) is 11.5 Å². The predicted octanol–water partition coefficient (Wildman–Crippen LogP) is 2.20. The summed E-state index contributed by atoms with van der Waals surface area (Å²) in [5, 5.41) is 9.05. The molecule has 0 spiro atoms. The molecule has 0 atom stereocenters. The van der Waals surface area contributed by atoms with Gasteiger partial charge >= 0.3 is 5.97 Å². The fourth-order valence-corrected chi connectivity index (χ4v) is 2.30. The highest BCUT2D eigenvalue weighted by atomic mass is 16.6. The number of benzene rings is 1. The van der Waals surface area contributed by atoms with Crippen LogP contribution in [0.25, 0.3) is 0 Å². The van der Waals surface area contributed by atoms with Crippen LogP contribution < -0.4 is 9.47 Å². The van der Waals surface area contributed by atoms with Crippen LogP contribution in [0, 0.1) is 0 Å². The summed E-state index contributed by atoms with van der Waals surface area (Å²) in [6.07, 6.45) is 2.52. The molecule has 104 valence electrons. The molecule has 1 aromatic heterocycles. The Labute approximate surface area is 116 Å². The molecule has 0 saturated carbocycles. The van der Waals surface area contributed by atoms with Gasteiger partial charge in [-0.1, -0.05) is 6.07 Å². The number of ether oxygens (including phenoxy) is 2. The molecule has 0 saturated heterocycles. The molecule has 0 bridgehead atoms. The average Bonchev–Trinajstić information content (AvgIpc) is 2.93. The molecule has 0 fully saturated rings. The van der Waals surface area contributed by atoms with E-state index in [0.717, 1.165) is 23.5 Å². The predicted molar refractivity (Wildman–Crippen MR) is 72.5 cm³/mol. The highest BCUT2D eigenvalue weighted by molar-refractivity contribution is 5.85. The van der Waals surface area contributed by atoms with Crippen LogP contribution in [0.3, 0.4) is 0 Å². The van der Waals surface area contributed by atoms with E-state index in [1.165, 1.54) is 0 Å². The zero-order chi connectivity index (χ0) is 13.9. The second-order valence-electron chi connectivity index (χ2n) is 4.62. The molecule has 0 unspecified atom stereocenters. The monoisotopic (exact) mass is 273 g/mol. The summed E-state index contributed by atoms with van der Waals surface area (Å²) >= 11 is 0. The van der Waals surface area contributed by atoms with E-state index in [0.29, 0.717) is 25.5 Å². The van der Waals surface area contributed by atoms with E-state index >= 15 is 0 Å². The van der Waals surface area contributed by atoms with Crippen molar-refractivity contribution < 1.29 is 19.4 Å². The molecule has 2 heterocycles. The third kappa shape index (κ3) is 2.47. The Bertz CT molecular complexity index is 633. The van der Waals surface area contributed by atoms with Crippen LogP contribution in [0.4, 0.5) is 0 Å². The highest BCUT2D eigenvalue weighted by Gasteiger charge is 2.12. The van der Waals surface area contributed by atoms with Gasteiger partial charge in [-0.05, 0) is 36.2 Å². The van der Waals surface area contributed by atoms with Crippen molar-refractivity contribution in [1.82, 2.24) is 4.57 Å². The number of aromatic carboxylic acids is 1. The summed E-state index contributed by atoms with van der Waals surface area (Å²) in [6, 6.07) is 9.19. The molecule has 0 aliphatic carbocycles. The molecule has 2 aromatic rings. The van der Waals surface area contributed by atoms with Gasteiger partial charge in [0.2, 0.25) is 0 Å². The number of aryl methyl sites for hydroxylation is 2. The van der Waals surface area contributed by atoms with Crippen LogP contribution in [0.15, 0.2) is 36.5 Å². The number of hydrogen-bond acceptors (Lipinski definition) is 3. The van der Waals surface area contributed by atoms with Gasteiger partial charge in [0.05, 0.1) is 0 Å². The first-order chi connectivity index (χ1) is 9.74. The quantitative estimate of drug-likeness (QED) is 0.927. The van der Waals surface area contributed by atoms with Gasteiger partial charge in [0.15, 0.2) is 11.5 Å². The summed E-state index contributed by atoms with van der Waals surface area (Å²) < 4.78 is 12.7. The van der Waals surface area contributed by atoms with Crippen molar-refractivity contribution in [3.8, 4) is 11.5 Å². The maximum Gasteiger partial charge on any atom is 0.352 e. The summed E-state index contributed by atoms with van der Waals surface area (Å²) in [4.78, 5) is 11.0. The third-order valence-corrected chi connectivity index (χ3v) is 3.30. The second-order valence-corrected chi connectivity index (χ2v) is 4.62. The first kappa shape index (κ1) is 12.6. The topological polar surface area (TPSA) is 60.7 Å². The zero-order valence-corrected chi connectivity index (χ0v) is 10.9. The standard InChI is InChI=1S/C15H15NO4/c17-15(18)12-2-1-6-16(12)7-5-11-3-4-13-14(10-11)20-9-8-19-13/h1-4,6,10H,5,7-9H2,(H,17,18). The number of carboxylic acids is 1. The van der Waals surface area contributed by atoms with Crippen molar-refractivity contribution in [3.63, 3.8) is 0 Å². The third-order valence-electron chi connectivity index (χ3n) is 3.30. The Morgan fingerprint density at radius 1 is 1.20 bits per heavy atom. The van der Waals surface area contributed by atoms with Gasteiger partial charge in [0, 0.05) is 12.7 Å². The minimum absolute atomic E-state index is 0.308. The molecule has 1 aromatic carbocycles. The SMILES string of the molecule is O=C(O)c1cccn1CCc1ccc2c(c1)OCCO2. The molecule has 0 amide bonds. The lowest BCUT2D eigenvalue weighted by atomic mass is 10.1. The van der Waals surface area contributed by atoms with E-state index in [2.05, 4.69) is 0 Å². The Morgan fingerprint density at radius 2 is 2.00 bits per heavy atom. The normalized spacial score (nSPS) is 13.2. The summed E-state index contributed by atoms with van der Waals surface area (Å²) in [6.45, 7) is 1.77. The van der Waals surface area contributed by atoms with Crippen molar-refractivity contribution in [1.29, 1.82) is 0 Å². The van der Waals surface area contributed by atoms with E-state index in [9.17, 15) is 4.79 Å². The summed E-state index contributed by atoms with van der Waals surface area (Å²) in [5.41, 5.74) is 1.40. The van der Waals surface area contributed by atoms with Crippen molar-refractivity contribution >= 4 is 5.97 Å². The van der Waals surface area contributed by atoms with Gasteiger partial charge in [0.1, 0.15) is 18.9 Å². The number of rotatable bonds is 4. The van der Waals surface area contributed by atoms with Crippen LogP contribution in [-0.4, -0.2) is 28.9 Å². The minimum Gasteiger partial charge on any atom is -0.486 e. The molecule has 1 aliphatic heterocycles. The number of nitrogens with zero attached hydrogens (tertiary/aromatic N) is 1. The van der Waals surface area contributed by atoms with Crippen LogP contribution in [-0.2, 0) is 13.0 Å². The highest BCUT2D eigenvalue weighted by Crippen LogP contribution is 2.30. The molecule has 5 heteroatoms. The Balaban J connectivity index is 1.72. The molecule has 5 nitrogen and oxygen atoms in total. The molecular formula is C15H15NO4. The van der Waals surface area contributed by atoms with Crippen molar-refractivity contribution in [2.24, 2.45) is 0 Å². The maximum atomic E-state index is 11.0. The molecule has 1 aliphatic rings. The largest absolute Gasteiger partial charge is 0.486 e. The minimum atomic E-state index is -0.905. The van der Waals surface area contributed by atoms with Crippen LogP contribution >= 0.6 is 0 Å². The maximum absolute atomic E-state index is 11.0. The van der Waals surface area contributed by atoms with Crippen LogP contribution in [0.1, 0.15) is 16.1 Å². The lowest BCUT2D eigenvalue weighted by Crippen LogP contribution is -2.15. The van der Waals surface area contributed by atoms with Gasteiger partial charge in [-0.3, -0.25) is 0 Å². The molecule has 1 N–H and O–H groups in total. The van der Waals surface area contributed by atoms with Crippen molar-refractivity contribution in [2.75, 3.05) is 13.2 Å². The average molecular weight is 273 g/mol. The number of fused-ring (bicyclic) bond motifs is 1. The number of hydrogen-bond donors (Lipinski definition) is 1. The molecule has 3 rings (SSSR count). The van der Waals surface area contributed by atoms with E-state index in [1.807, 2.05) is 18.2 Å². The Morgan fingerprint density at radius 3 is 2.80 bits per heavy atom. The van der Waals surface area contributed by atoms with E-state index < -0.39 is 5.97 Å². The van der Waals surface area contributed by atoms with E-state index in [1.54, 1.807) is 22.9 Å². The first-order valence-corrected chi connectivity index (χ1v) is 6.51.